The van der Waals surface area contributed by atoms with Gasteiger partial charge in [0.1, 0.15) is 5.69 Å². The number of halogens is 2. The minimum absolute atomic E-state index is 0.0332. The largest absolute Gasteiger partial charge is 0.433 e. The molecule has 1 aromatic heterocycles. The number of amides is 1. The third kappa shape index (κ3) is 3.39. The Kier molecular flexibility index (Phi) is 4.81. The molecule has 6 nitrogen and oxygen atoms in total. The Labute approximate surface area is 173 Å². The second kappa shape index (κ2) is 7.50. The first-order valence-corrected chi connectivity index (χ1v) is 10.4. The lowest BCUT2D eigenvalue weighted by Gasteiger charge is -2.28. The van der Waals surface area contributed by atoms with Crippen molar-refractivity contribution in [1.82, 2.24) is 20.0 Å². The van der Waals surface area contributed by atoms with Crippen molar-refractivity contribution in [2.24, 2.45) is 0 Å². The molecule has 1 atom stereocenters. The van der Waals surface area contributed by atoms with Crippen molar-refractivity contribution >= 4 is 5.91 Å². The van der Waals surface area contributed by atoms with E-state index in [0.29, 0.717) is 31.1 Å². The fourth-order valence-electron chi connectivity index (χ4n) is 4.61. The highest BCUT2D eigenvalue weighted by atomic mass is 19.3. The second-order valence-corrected chi connectivity index (χ2v) is 8.09. The van der Waals surface area contributed by atoms with Crippen LogP contribution in [0.5, 0.6) is 5.75 Å². The number of aromatic nitrogens is 2. The van der Waals surface area contributed by atoms with Crippen LogP contribution in [-0.4, -0.2) is 46.8 Å². The van der Waals surface area contributed by atoms with E-state index in [1.807, 2.05) is 12.1 Å². The number of rotatable bonds is 5. The van der Waals surface area contributed by atoms with Gasteiger partial charge in [0, 0.05) is 38.0 Å². The van der Waals surface area contributed by atoms with E-state index in [0.717, 1.165) is 48.3 Å². The minimum atomic E-state index is -2.89. The van der Waals surface area contributed by atoms with E-state index < -0.39 is 6.61 Å². The number of nitrogens with zero attached hydrogens (tertiary/aromatic N) is 3. The van der Waals surface area contributed by atoms with Gasteiger partial charge >= 0.3 is 6.61 Å². The summed E-state index contributed by atoms with van der Waals surface area (Å²) in [6.07, 6.45) is 4.85. The molecule has 3 heterocycles. The van der Waals surface area contributed by atoms with E-state index in [1.54, 1.807) is 15.6 Å². The highest BCUT2D eigenvalue weighted by Gasteiger charge is 2.34. The van der Waals surface area contributed by atoms with Gasteiger partial charge in [-0.1, -0.05) is 12.6 Å². The fraction of sp³-hybridized carbons (Fsp3) is 0.455. The maximum atomic E-state index is 13.1. The van der Waals surface area contributed by atoms with Gasteiger partial charge in [0.15, 0.2) is 5.75 Å². The number of hydrogen-bond donors (Lipinski definition) is 1. The number of benzene rings is 1. The van der Waals surface area contributed by atoms with Gasteiger partial charge < -0.3 is 15.0 Å². The summed E-state index contributed by atoms with van der Waals surface area (Å²) in [5.41, 5.74) is 4.56. The van der Waals surface area contributed by atoms with Gasteiger partial charge in [-0.25, -0.2) is 4.68 Å². The van der Waals surface area contributed by atoms with Gasteiger partial charge in [-0.3, -0.25) is 4.79 Å². The van der Waals surface area contributed by atoms with Crippen molar-refractivity contribution in [2.75, 3.05) is 19.6 Å². The van der Waals surface area contributed by atoms with Crippen molar-refractivity contribution in [3.05, 3.63) is 53.4 Å². The van der Waals surface area contributed by atoms with Crippen LogP contribution in [0.15, 0.2) is 30.9 Å². The van der Waals surface area contributed by atoms with Crippen molar-refractivity contribution < 1.29 is 18.3 Å². The predicted molar refractivity (Wildman–Crippen MR) is 107 cm³/mol. The molecule has 2 aliphatic heterocycles. The maximum absolute atomic E-state index is 13.1. The summed E-state index contributed by atoms with van der Waals surface area (Å²) in [6.45, 7) is 2.51. The molecule has 3 aliphatic rings. The smallest absolute Gasteiger partial charge is 0.387 e. The maximum Gasteiger partial charge on any atom is 0.387 e. The van der Waals surface area contributed by atoms with Crippen LogP contribution < -0.4 is 10.1 Å². The predicted octanol–water partition coefficient (Wildman–Crippen LogP) is 3.11. The summed E-state index contributed by atoms with van der Waals surface area (Å²) < 4.78 is 33.0. The molecule has 30 heavy (non-hydrogen) atoms. The number of ether oxygens (including phenoxy) is 1. The van der Waals surface area contributed by atoms with Crippen LogP contribution in [0.4, 0.5) is 8.78 Å². The normalized spacial score (nSPS) is 20.6. The van der Waals surface area contributed by atoms with Crippen LogP contribution in [0.3, 0.4) is 0 Å². The molecule has 0 spiro atoms. The lowest BCUT2D eigenvalue weighted by Crippen LogP contribution is -2.40. The standard InChI is InChI=1S/C22H24F2N4O2/c1-2-20(29)27-10-8-15-21-16(12-27)25-9-7-18(21)28(26-15)17-6-5-14(13-3-4-13)11-19(17)30-22(23)24/h2,5-6,11,13,16,22,25H,1,3-4,7-10,12H2/t16-/m0/s1. The molecule has 8 heteroatoms. The van der Waals surface area contributed by atoms with Crippen molar-refractivity contribution in [3.8, 4) is 11.4 Å². The van der Waals surface area contributed by atoms with Crippen molar-refractivity contribution in [3.63, 3.8) is 0 Å². The molecular weight excluding hydrogens is 390 g/mol. The quantitative estimate of drug-likeness (QED) is 0.764. The number of hydrogen-bond acceptors (Lipinski definition) is 4. The highest BCUT2D eigenvalue weighted by molar-refractivity contribution is 5.87. The summed E-state index contributed by atoms with van der Waals surface area (Å²) in [5, 5.41) is 8.29. The van der Waals surface area contributed by atoms with Gasteiger partial charge in [0.2, 0.25) is 5.91 Å². The van der Waals surface area contributed by atoms with E-state index in [2.05, 4.69) is 11.9 Å². The van der Waals surface area contributed by atoms with Crippen molar-refractivity contribution in [2.45, 2.75) is 44.3 Å². The van der Waals surface area contributed by atoms with Gasteiger partial charge in [0.25, 0.3) is 0 Å². The van der Waals surface area contributed by atoms with Crippen LogP contribution >= 0.6 is 0 Å². The third-order valence-corrected chi connectivity index (χ3v) is 6.18. The Bertz CT molecular complexity index is 999. The Morgan fingerprint density at radius 1 is 1.33 bits per heavy atom. The molecular formula is C22H24F2N4O2. The van der Waals surface area contributed by atoms with E-state index in [9.17, 15) is 13.6 Å². The first-order chi connectivity index (χ1) is 14.5. The first kappa shape index (κ1) is 19.2. The van der Waals surface area contributed by atoms with E-state index >= 15 is 0 Å². The van der Waals surface area contributed by atoms with E-state index in [4.69, 9.17) is 9.84 Å². The average Bonchev–Trinajstić information content (AvgIpc) is 3.54. The third-order valence-electron chi connectivity index (χ3n) is 6.18. The molecule has 1 amide bonds. The molecule has 1 fully saturated rings. The molecule has 2 aromatic rings. The molecule has 0 saturated heterocycles. The molecule has 1 N–H and O–H groups in total. The summed E-state index contributed by atoms with van der Waals surface area (Å²) in [7, 11) is 0. The zero-order valence-electron chi connectivity index (χ0n) is 16.6. The summed E-state index contributed by atoms with van der Waals surface area (Å²) in [4.78, 5) is 13.9. The van der Waals surface area contributed by atoms with E-state index in [1.165, 1.54) is 6.08 Å². The number of nitrogens with one attached hydrogen (secondary N) is 1. The average molecular weight is 414 g/mol. The summed E-state index contributed by atoms with van der Waals surface area (Å²) in [6, 6.07) is 5.54. The molecule has 0 bridgehead atoms. The number of carbonyl (C=O) groups excluding carboxylic acids is 1. The molecule has 1 aromatic carbocycles. The van der Waals surface area contributed by atoms with Gasteiger partial charge in [-0.2, -0.15) is 13.9 Å². The zero-order valence-corrected chi connectivity index (χ0v) is 16.6. The van der Waals surface area contributed by atoms with Gasteiger partial charge in [-0.05, 0) is 42.5 Å². The Morgan fingerprint density at radius 2 is 2.17 bits per heavy atom. The Morgan fingerprint density at radius 3 is 2.90 bits per heavy atom. The van der Waals surface area contributed by atoms with Crippen LogP contribution in [0.2, 0.25) is 0 Å². The van der Waals surface area contributed by atoms with Crippen molar-refractivity contribution in [1.29, 1.82) is 0 Å². The first-order valence-electron chi connectivity index (χ1n) is 10.4. The topological polar surface area (TPSA) is 59.4 Å². The van der Waals surface area contributed by atoms with Crippen LogP contribution in [-0.2, 0) is 17.6 Å². The molecule has 1 saturated carbocycles. The highest BCUT2D eigenvalue weighted by Crippen LogP contribution is 2.43. The molecule has 0 unspecified atom stereocenters. The summed E-state index contributed by atoms with van der Waals surface area (Å²) >= 11 is 0. The fourth-order valence-corrected chi connectivity index (χ4v) is 4.61. The number of carbonyl (C=O) groups is 1. The Hall–Kier alpha value is -2.74. The molecule has 0 radical (unpaired) electrons. The lowest BCUT2D eigenvalue weighted by molar-refractivity contribution is -0.126. The minimum Gasteiger partial charge on any atom is -0.433 e. The molecule has 158 valence electrons. The second-order valence-electron chi connectivity index (χ2n) is 8.09. The van der Waals surface area contributed by atoms with Crippen LogP contribution in [0.1, 0.15) is 47.3 Å². The van der Waals surface area contributed by atoms with Crippen LogP contribution in [0.25, 0.3) is 5.69 Å². The monoisotopic (exact) mass is 414 g/mol. The lowest BCUT2D eigenvalue weighted by atomic mass is 9.98. The summed E-state index contributed by atoms with van der Waals surface area (Å²) in [5.74, 6) is 0.515. The van der Waals surface area contributed by atoms with Gasteiger partial charge in [0.05, 0.1) is 17.4 Å². The number of alkyl halides is 2. The van der Waals surface area contributed by atoms with Gasteiger partial charge in [-0.15, -0.1) is 0 Å². The zero-order chi connectivity index (χ0) is 20.8. The Balaban J connectivity index is 1.56. The SMILES string of the molecule is C=CC(=O)N1CCc2nn(-c3ccc(C4CC4)cc3OC(F)F)c3c2[C@H](C1)NCC3. The van der Waals surface area contributed by atoms with E-state index in [-0.39, 0.29) is 17.7 Å². The van der Waals surface area contributed by atoms with Crippen LogP contribution in [0, 0.1) is 0 Å². The molecule has 1 aliphatic carbocycles. The molecule has 5 rings (SSSR count).